The number of ketones is 2. The number of Topliss-reactive ketones (excluding diaryl/α,β-unsaturated/α-hetero) is 2. The summed E-state index contributed by atoms with van der Waals surface area (Å²) in [5.41, 5.74) is 6.36. The van der Waals surface area contributed by atoms with Gasteiger partial charge in [0.25, 0.3) is 0 Å². The molecule has 0 amide bonds. The van der Waals surface area contributed by atoms with Crippen LogP contribution in [-0.4, -0.2) is 11.6 Å². The van der Waals surface area contributed by atoms with Gasteiger partial charge in [-0.15, -0.1) is 11.3 Å². The Morgan fingerprint density at radius 2 is 0.623 bits per heavy atom. The molecular weight excluding hydrogens is 665 g/mol. The SMILES string of the molecule is CCCCCCCCC1=CC(=Cc2ccc(C=C3C=C(CCCCCCCC)C(=O)C(CCCCCCCC)=C3)s2)C=C(CCCCCCCC)C1=O. The number of rotatable bonds is 30. The highest BCUT2D eigenvalue weighted by molar-refractivity contribution is 7.13. The molecule has 0 aliphatic heterocycles. The van der Waals surface area contributed by atoms with Crippen LogP contribution in [0.3, 0.4) is 0 Å². The van der Waals surface area contributed by atoms with E-state index in [4.69, 9.17) is 0 Å². The lowest BCUT2D eigenvalue weighted by Crippen LogP contribution is -2.11. The molecule has 0 N–H and O–H groups in total. The second kappa shape index (κ2) is 28.0. The van der Waals surface area contributed by atoms with Crippen molar-refractivity contribution in [2.75, 3.05) is 0 Å². The molecule has 0 unspecified atom stereocenters. The van der Waals surface area contributed by atoms with Gasteiger partial charge < -0.3 is 0 Å². The number of allylic oxidation sites excluding steroid dienone is 10. The lowest BCUT2D eigenvalue weighted by molar-refractivity contribution is -0.113. The fourth-order valence-corrected chi connectivity index (χ4v) is 8.64. The van der Waals surface area contributed by atoms with E-state index in [2.05, 4.69) is 76.3 Å². The van der Waals surface area contributed by atoms with Crippen molar-refractivity contribution in [2.45, 2.75) is 207 Å². The van der Waals surface area contributed by atoms with Crippen LogP contribution in [-0.2, 0) is 9.59 Å². The molecule has 1 aromatic heterocycles. The maximum Gasteiger partial charge on any atom is 0.185 e. The number of carbonyl (C=O) groups is 2. The molecule has 0 saturated carbocycles. The van der Waals surface area contributed by atoms with E-state index < -0.39 is 0 Å². The molecular formula is C50H76O2S. The molecule has 0 atom stereocenters. The molecule has 0 fully saturated rings. The minimum absolute atomic E-state index is 0.291. The first-order chi connectivity index (χ1) is 26.0. The summed E-state index contributed by atoms with van der Waals surface area (Å²) in [6.45, 7) is 9.05. The minimum Gasteiger partial charge on any atom is -0.289 e. The Kier molecular flexibility index (Phi) is 23.7. The van der Waals surface area contributed by atoms with E-state index in [1.165, 1.54) is 138 Å². The first kappa shape index (κ1) is 44.9. The summed E-state index contributed by atoms with van der Waals surface area (Å²) in [4.78, 5) is 29.6. The van der Waals surface area contributed by atoms with E-state index in [1.54, 1.807) is 11.3 Å². The Balaban J connectivity index is 1.77. The van der Waals surface area contributed by atoms with Gasteiger partial charge in [0.1, 0.15) is 0 Å². The number of unbranched alkanes of at least 4 members (excludes halogenated alkanes) is 20. The van der Waals surface area contributed by atoms with Crippen LogP contribution in [0.25, 0.3) is 12.2 Å². The van der Waals surface area contributed by atoms with E-state index in [-0.39, 0.29) is 0 Å². The van der Waals surface area contributed by atoms with Gasteiger partial charge in [-0.2, -0.15) is 0 Å². The zero-order valence-electron chi connectivity index (χ0n) is 34.6. The zero-order chi connectivity index (χ0) is 37.9. The topological polar surface area (TPSA) is 34.1 Å². The molecule has 0 spiro atoms. The van der Waals surface area contributed by atoms with Gasteiger partial charge in [-0.25, -0.2) is 0 Å². The molecule has 53 heavy (non-hydrogen) atoms. The van der Waals surface area contributed by atoms with Crippen LogP contribution >= 0.6 is 11.3 Å². The molecule has 294 valence electrons. The summed E-state index contributed by atoms with van der Waals surface area (Å²) in [5, 5.41) is 0. The fourth-order valence-electron chi connectivity index (χ4n) is 7.71. The minimum atomic E-state index is 0.291. The van der Waals surface area contributed by atoms with Crippen LogP contribution in [0, 0.1) is 0 Å². The Morgan fingerprint density at radius 3 is 0.887 bits per heavy atom. The third-order valence-electron chi connectivity index (χ3n) is 11.0. The maximum atomic E-state index is 13.6. The van der Waals surface area contributed by atoms with Crippen molar-refractivity contribution in [3.05, 3.63) is 79.6 Å². The molecule has 2 aliphatic rings. The van der Waals surface area contributed by atoms with E-state index in [1.807, 2.05) is 0 Å². The number of hydrogen-bond donors (Lipinski definition) is 0. The van der Waals surface area contributed by atoms with Crippen molar-refractivity contribution < 1.29 is 9.59 Å². The Labute approximate surface area is 330 Å². The first-order valence-corrected chi connectivity index (χ1v) is 23.3. The number of hydrogen-bond acceptors (Lipinski definition) is 3. The molecule has 2 aliphatic carbocycles. The average molecular weight is 741 g/mol. The third-order valence-corrected chi connectivity index (χ3v) is 12.0. The van der Waals surface area contributed by atoms with Gasteiger partial charge in [0.05, 0.1) is 0 Å². The summed E-state index contributed by atoms with van der Waals surface area (Å²) in [6.07, 6.45) is 46.6. The molecule has 1 heterocycles. The molecule has 0 bridgehead atoms. The van der Waals surface area contributed by atoms with E-state index in [0.29, 0.717) is 11.6 Å². The highest BCUT2D eigenvalue weighted by Gasteiger charge is 2.21. The Bertz CT molecular complexity index is 1230. The van der Waals surface area contributed by atoms with Crippen molar-refractivity contribution in [1.82, 2.24) is 0 Å². The first-order valence-electron chi connectivity index (χ1n) is 22.4. The highest BCUT2D eigenvalue weighted by Crippen LogP contribution is 2.32. The van der Waals surface area contributed by atoms with Gasteiger partial charge in [-0.05, 0) is 111 Å². The highest BCUT2D eigenvalue weighted by atomic mass is 32.1. The largest absolute Gasteiger partial charge is 0.289 e. The molecule has 3 heteroatoms. The number of thiophene rings is 1. The van der Waals surface area contributed by atoms with Gasteiger partial charge in [-0.1, -0.05) is 156 Å². The quantitative estimate of drug-likeness (QED) is 0.0736. The Hall–Kier alpha value is -2.52. The predicted molar refractivity (Wildman–Crippen MR) is 235 cm³/mol. The van der Waals surface area contributed by atoms with Crippen LogP contribution in [0.15, 0.2) is 69.9 Å². The lowest BCUT2D eigenvalue weighted by atomic mass is 9.87. The van der Waals surface area contributed by atoms with Crippen molar-refractivity contribution in [1.29, 1.82) is 0 Å². The van der Waals surface area contributed by atoms with Gasteiger partial charge >= 0.3 is 0 Å². The van der Waals surface area contributed by atoms with E-state index >= 15 is 0 Å². The summed E-state index contributed by atoms with van der Waals surface area (Å²) >= 11 is 1.80. The van der Waals surface area contributed by atoms with E-state index in [0.717, 1.165) is 84.8 Å². The maximum absolute atomic E-state index is 13.6. The second-order valence-corrected chi connectivity index (χ2v) is 17.1. The van der Waals surface area contributed by atoms with Crippen LogP contribution < -0.4 is 0 Å². The monoisotopic (exact) mass is 741 g/mol. The number of carbonyl (C=O) groups excluding carboxylic acids is 2. The third kappa shape index (κ3) is 18.1. The van der Waals surface area contributed by atoms with E-state index in [9.17, 15) is 9.59 Å². The molecule has 1 aromatic rings. The predicted octanol–water partition coefficient (Wildman–Crippen LogP) is 16.4. The van der Waals surface area contributed by atoms with Crippen LogP contribution in [0.4, 0.5) is 0 Å². The molecule has 0 saturated heterocycles. The van der Waals surface area contributed by atoms with Crippen molar-refractivity contribution >= 4 is 35.1 Å². The van der Waals surface area contributed by atoms with Crippen LogP contribution in [0.5, 0.6) is 0 Å². The van der Waals surface area contributed by atoms with Gasteiger partial charge in [0, 0.05) is 32.0 Å². The summed E-state index contributed by atoms with van der Waals surface area (Å²) in [7, 11) is 0. The average Bonchev–Trinajstić information content (AvgIpc) is 3.59. The normalized spacial score (nSPS) is 14.7. The second-order valence-electron chi connectivity index (χ2n) is 15.9. The lowest BCUT2D eigenvalue weighted by Gasteiger charge is -2.16. The zero-order valence-corrected chi connectivity index (χ0v) is 35.5. The van der Waals surface area contributed by atoms with Gasteiger partial charge in [0.15, 0.2) is 11.6 Å². The van der Waals surface area contributed by atoms with Crippen molar-refractivity contribution in [3.8, 4) is 0 Å². The van der Waals surface area contributed by atoms with Gasteiger partial charge in [0.2, 0.25) is 0 Å². The Morgan fingerprint density at radius 1 is 0.377 bits per heavy atom. The summed E-state index contributed by atoms with van der Waals surface area (Å²) in [6, 6.07) is 4.44. The standard InChI is InChI=1S/C50H76O2S/c1-5-9-13-17-21-25-29-43-35-41(36-44(49(43)51)30-26-22-18-14-10-6-2)39-47-33-34-48(53-47)40-42-37-45(31-27-23-19-15-11-7-3)50(52)46(38-42)32-28-24-20-16-12-8-4/h33-40H,5-32H2,1-4H3. The van der Waals surface area contributed by atoms with Crippen molar-refractivity contribution in [3.63, 3.8) is 0 Å². The molecule has 2 nitrogen and oxygen atoms in total. The van der Waals surface area contributed by atoms with Crippen LogP contribution in [0.2, 0.25) is 0 Å². The summed E-state index contributed by atoms with van der Waals surface area (Å²) < 4.78 is 0. The fraction of sp³-hybridized carbons (Fsp3) is 0.640. The molecule has 0 aromatic carbocycles. The molecule has 0 radical (unpaired) electrons. The van der Waals surface area contributed by atoms with Gasteiger partial charge in [-0.3, -0.25) is 9.59 Å². The summed E-state index contributed by atoms with van der Waals surface area (Å²) in [5.74, 6) is 0.583. The molecule has 3 rings (SSSR count). The smallest absolute Gasteiger partial charge is 0.185 e. The van der Waals surface area contributed by atoms with Crippen LogP contribution in [0.1, 0.15) is 217 Å². The van der Waals surface area contributed by atoms with Crippen molar-refractivity contribution in [2.24, 2.45) is 0 Å².